The molecule has 2 aromatic rings. The summed E-state index contributed by atoms with van der Waals surface area (Å²) in [6.07, 6.45) is 4.89. The van der Waals surface area contributed by atoms with Crippen LogP contribution in [-0.2, 0) is 19.6 Å². The summed E-state index contributed by atoms with van der Waals surface area (Å²) in [6.45, 7) is 16.9. The fraction of sp³-hybridized carbons (Fsp3) is 0.500. The van der Waals surface area contributed by atoms with Crippen LogP contribution in [0.15, 0.2) is 78.7 Å². The predicted octanol–water partition coefficient (Wildman–Crippen LogP) is 5.60. The van der Waals surface area contributed by atoms with Crippen molar-refractivity contribution < 1.29 is 32.3 Å². The van der Waals surface area contributed by atoms with Crippen LogP contribution in [-0.4, -0.2) is 98.5 Å². The first-order chi connectivity index (χ1) is 23.7. The van der Waals surface area contributed by atoms with E-state index < -0.39 is 39.1 Å². The Morgan fingerprint density at radius 3 is 2.38 bits per heavy atom. The van der Waals surface area contributed by atoms with Crippen LogP contribution in [0.5, 0.6) is 5.75 Å². The quantitative estimate of drug-likeness (QED) is 0.285. The first-order valence-electron chi connectivity index (χ1n) is 17.2. The number of allylic oxidation sites excluding steroid dienone is 1. The van der Waals surface area contributed by atoms with E-state index in [0.717, 1.165) is 15.6 Å². The van der Waals surface area contributed by atoms with Gasteiger partial charge < -0.3 is 24.6 Å². The van der Waals surface area contributed by atoms with E-state index in [4.69, 9.17) is 9.47 Å². The van der Waals surface area contributed by atoms with Gasteiger partial charge in [-0.25, -0.2) is 13.2 Å². The van der Waals surface area contributed by atoms with Crippen molar-refractivity contribution in [2.45, 2.75) is 75.8 Å². The van der Waals surface area contributed by atoms with Gasteiger partial charge in [-0.1, -0.05) is 36.4 Å². The first-order valence-corrected chi connectivity index (χ1v) is 18.7. The molecule has 2 heterocycles. The molecular weight excluding hydrogens is 657 g/mol. The van der Waals surface area contributed by atoms with Crippen molar-refractivity contribution in [3.8, 4) is 5.75 Å². The highest BCUT2D eigenvalue weighted by molar-refractivity contribution is 7.89. The molecule has 4 rings (SSSR count). The number of likely N-dealkylation sites (N-methyl/N-ethyl adjacent to an activating group) is 1. The zero-order chi connectivity index (χ0) is 36.7. The fourth-order valence-corrected chi connectivity index (χ4v) is 8.21. The maximum Gasteiger partial charge on any atom is 0.410 e. The summed E-state index contributed by atoms with van der Waals surface area (Å²) in [5.74, 6) is -0.110. The van der Waals surface area contributed by atoms with Gasteiger partial charge in [0, 0.05) is 45.7 Å². The summed E-state index contributed by atoms with van der Waals surface area (Å²) < 4.78 is 39.4. The number of carbonyl (C=O) groups excluding carboxylic acids is 3. The molecule has 3 atom stereocenters. The monoisotopic (exact) mass is 708 g/mol. The van der Waals surface area contributed by atoms with E-state index in [2.05, 4.69) is 18.5 Å². The van der Waals surface area contributed by atoms with Gasteiger partial charge in [0.05, 0.1) is 28.5 Å². The molecule has 50 heavy (non-hydrogen) atoms. The Hall–Kier alpha value is -4.16. The van der Waals surface area contributed by atoms with Crippen molar-refractivity contribution in [2.24, 2.45) is 5.41 Å². The third-order valence-electron chi connectivity index (χ3n) is 9.26. The molecule has 2 aromatic carbocycles. The molecule has 2 aliphatic heterocycles. The molecular formula is C38H52N4O7S. The maximum atomic E-state index is 14.6. The number of nitrogens with zero attached hydrogens (tertiary/aromatic N) is 3. The minimum Gasteiger partial charge on any atom is -0.494 e. The summed E-state index contributed by atoms with van der Waals surface area (Å²) in [4.78, 5) is 45.0. The number of amides is 3. The number of hydrogen-bond donors (Lipinski definition) is 1. The normalized spacial score (nSPS) is 21.3. The number of likely N-dealkylation sites (tertiary alicyclic amines) is 2. The van der Waals surface area contributed by atoms with Crippen LogP contribution in [0, 0.1) is 5.41 Å². The Morgan fingerprint density at radius 1 is 1.04 bits per heavy atom. The van der Waals surface area contributed by atoms with E-state index in [-0.39, 0.29) is 41.9 Å². The molecule has 3 amide bonds. The summed E-state index contributed by atoms with van der Waals surface area (Å²) >= 11 is 0. The van der Waals surface area contributed by atoms with E-state index in [1.807, 2.05) is 52.0 Å². The Balaban J connectivity index is 1.66. The molecule has 0 saturated carbocycles. The van der Waals surface area contributed by atoms with Gasteiger partial charge in [0.1, 0.15) is 11.4 Å². The zero-order valence-corrected chi connectivity index (χ0v) is 30.8. The minimum absolute atomic E-state index is 0.0146. The number of ether oxygens (including phenoxy) is 2. The fourth-order valence-electron chi connectivity index (χ4n) is 6.89. The lowest BCUT2D eigenvalue weighted by Gasteiger charge is -2.46. The first kappa shape index (κ1) is 38.6. The van der Waals surface area contributed by atoms with E-state index in [1.165, 1.54) is 25.3 Å². The number of hydrogen-bond acceptors (Lipinski definition) is 7. The number of rotatable bonds is 12. The molecule has 2 saturated heterocycles. The Labute approximate surface area is 297 Å². The van der Waals surface area contributed by atoms with Crippen molar-refractivity contribution in [3.05, 3.63) is 85.0 Å². The van der Waals surface area contributed by atoms with E-state index in [0.29, 0.717) is 45.4 Å². The molecule has 272 valence electrons. The van der Waals surface area contributed by atoms with Gasteiger partial charge in [-0.15, -0.1) is 13.2 Å². The van der Waals surface area contributed by atoms with Crippen LogP contribution in [0.25, 0.3) is 0 Å². The molecule has 1 N–H and O–H groups in total. The highest BCUT2D eigenvalue weighted by atomic mass is 32.2. The topological polar surface area (TPSA) is 126 Å². The molecule has 11 nitrogen and oxygen atoms in total. The number of benzene rings is 2. The average molecular weight is 709 g/mol. The Morgan fingerprint density at radius 2 is 1.74 bits per heavy atom. The third kappa shape index (κ3) is 8.95. The second kappa shape index (κ2) is 16.2. The van der Waals surface area contributed by atoms with Crippen LogP contribution in [0.1, 0.15) is 75.2 Å². The summed E-state index contributed by atoms with van der Waals surface area (Å²) in [6, 6.07) is 13.3. The number of nitrogens with one attached hydrogen (secondary N) is 1. The van der Waals surface area contributed by atoms with Gasteiger partial charge in [0.2, 0.25) is 15.9 Å². The van der Waals surface area contributed by atoms with Gasteiger partial charge in [0.25, 0.3) is 5.91 Å². The molecule has 0 spiro atoms. The van der Waals surface area contributed by atoms with Crippen LogP contribution in [0.4, 0.5) is 4.79 Å². The third-order valence-corrected chi connectivity index (χ3v) is 11.1. The van der Waals surface area contributed by atoms with Crippen LogP contribution < -0.4 is 10.1 Å². The van der Waals surface area contributed by atoms with E-state index in [9.17, 15) is 22.8 Å². The summed E-state index contributed by atoms with van der Waals surface area (Å²) in [5.41, 5.74) is -0.589. The van der Waals surface area contributed by atoms with E-state index >= 15 is 0 Å². The summed E-state index contributed by atoms with van der Waals surface area (Å²) in [7, 11) is -2.56. The van der Waals surface area contributed by atoms with Gasteiger partial charge in [-0.05, 0) is 83.2 Å². The van der Waals surface area contributed by atoms with Crippen LogP contribution in [0.2, 0.25) is 0 Å². The lowest BCUT2D eigenvalue weighted by molar-refractivity contribution is -0.147. The van der Waals surface area contributed by atoms with Crippen LogP contribution in [0.3, 0.4) is 0 Å². The molecule has 0 aromatic heterocycles. The van der Waals surface area contributed by atoms with Crippen molar-refractivity contribution in [2.75, 3.05) is 46.4 Å². The molecule has 0 aliphatic carbocycles. The Bertz CT molecular complexity index is 1650. The average Bonchev–Trinajstić information content (AvgIpc) is 3.08. The molecule has 2 fully saturated rings. The van der Waals surface area contributed by atoms with Crippen molar-refractivity contribution in [1.29, 1.82) is 0 Å². The standard InChI is InChI=1S/C38H52N4O7S/c1-8-21-38(22-13-24-42(27-38)36(45)49-37(4,5)6)35(44)41-25-20-30(28-16-18-29(19-17-28)48-10-3)32(26-41)39-34(43)31-14-11-12-15-33(31)50(46,47)40(7)23-9-2/h8-9,11-12,14-19,30,32H,1-2,10,13,20-27H2,3-7H3,(H,39,43)/t30-,32-,38?/m0/s1. The molecule has 1 unspecified atom stereocenters. The van der Waals surface area contributed by atoms with Crippen molar-refractivity contribution >= 4 is 27.9 Å². The largest absolute Gasteiger partial charge is 0.494 e. The number of carbonyl (C=O) groups is 3. The number of piperidine rings is 2. The SMILES string of the molecule is C=CCN(C)S(=O)(=O)c1ccccc1C(=O)N[C@H]1CN(C(=O)C2(CC=C)CCCN(C(=O)OC(C)(C)C)C2)CC[C@H]1c1ccc(OCC)cc1. The minimum atomic E-state index is -4.00. The van der Waals surface area contributed by atoms with Gasteiger partial charge in [-0.3, -0.25) is 9.59 Å². The lowest BCUT2D eigenvalue weighted by Crippen LogP contribution is -2.59. The van der Waals surface area contributed by atoms with Crippen LogP contribution >= 0.6 is 0 Å². The van der Waals surface area contributed by atoms with Crippen molar-refractivity contribution in [3.63, 3.8) is 0 Å². The molecule has 2 aliphatic rings. The Kier molecular flexibility index (Phi) is 12.6. The maximum absolute atomic E-state index is 14.6. The second-order valence-electron chi connectivity index (χ2n) is 14.1. The highest BCUT2D eigenvalue weighted by Crippen LogP contribution is 2.39. The molecule has 12 heteroatoms. The smallest absolute Gasteiger partial charge is 0.410 e. The molecule has 0 bridgehead atoms. The predicted molar refractivity (Wildman–Crippen MR) is 194 cm³/mol. The highest BCUT2D eigenvalue weighted by Gasteiger charge is 2.47. The molecule has 0 radical (unpaired) electrons. The van der Waals surface area contributed by atoms with Gasteiger partial charge in [0.15, 0.2) is 0 Å². The van der Waals surface area contributed by atoms with Gasteiger partial charge in [-0.2, -0.15) is 4.31 Å². The zero-order valence-electron chi connectivity index (χ0n) is 30.0. The second-order valence-corrected chi connectivity index (χ2v) is 16.1. The number of sulfonamides is 1. The lowest BCUT2D eigenvalue weighted by atomic mass is 9.75. The van der Waals surface area contributed by atoms with Crippen molar-refractivity contribution in [1.82, 2.24) is 19.4 Å². The van der Waals surface area contributed by atoms with Gasteiger partial charge >= 0.3 is 6.09 Å². The van der Waals surface area contributed by atoms with E-state index in [1.54, 1.807) is 28.0 Å². The summed E-state index contributed by atoms with van der Waals surface area (Å²) in [5, 5.41) is 3.12.